The third-order valence-electron chi connectivity index (χ3n) is 4.63. The van der Waals surface area contributed by atoms with Gasteiger partial charge in [0.1, 0.15) is 0 Å². The molecule has 1 aliphatic heterocycles. The van der Waals surface area contributed by atoms with E-state index < -0.39 is 5.97 Å². The van der Waals surface area contributed by atoms with Crippen LogP contribution >= 0.6 is 0 Å². The predicted octanol–water partition coefficient (Wildman–Crippen LogP) is 2.07. The molecule has 2 rings (SSSR count). The summed E-state index contributed by atoms with van der Waals surface area (Å²) in [7, 11) is 0. The number of amides is 2. The van der Waals surface area contributed by atoms with Crippen molar-refractivity contribution in [1.29, 1.82) is 0 Å². The first-order valence-corrected chi connectivity index (χ1v) is 9.36. The molecule has 1 aliphatic rings. The van der Waals surface area contributed by atoms with E-state index in [9.17, 15) is 14.4 Å². The van der Waals surface area contributed by atoms with Crippen molar-refractivity contribution in [2.45, 2.75) is 51.5 Å². The van der Waals surface area contributed by atoms with Crippen LogP contribution in [0.1, 0.15) is 44.6 Å². The van der Waals surface area contributed by atoms with Gasteiger partial charge in [-0.3, -0.25) is 14.4 Å². The molecule has 1 unspecified atom stereocenters. The van der Waals surface area contributed by atoms with Crippen molar-refractivity contribution >= 4 is 17.8 Å². The van der Waals surface area contributed by atoms with Gasteiger partial charge in [-0.1, -0.05) is 37.3 Å². The monoisotopic (exact) mass is 360 g/mol. The number of esters is 1. The van der Waals surface area contributed by atoms with E-state index >= 15 is 0 Å². The van der Waals surface area contributed by atoms with Crippen LogP contribution in [0.25, 0.3) is 0 Å². The molecule has 6 heteroatoms. The molecule has 1 heterocycles. The zero-order chi connectivity index (χ0) is 18.8. The summed E-state index contributed by atoms with van der Waals surface area (Å²) in [5.41, 5.74) is 0.921. The lowest BCUT2D eigenvalue weighted by Crippen LogP contribution is -2.45. The Morgan fingerprint density at radius 2 is 1.96 bits per heavy atom. The van der Waals surface area contributed by atoms with Crippen LogP contribution in [0.4, 0.5) is 0 Å². The average Bonchev–Trinajstić information content (AvgIpc) is 2.66. The predicted molar refractivity (Wildman–Crippen MR) is 98.4 cm³/mol. The summed E-state index contributed by atoms with van der Waals surface area (Å²) in [6.07, 6.45) is 4.43. The zero-order valence-corrected chi connectivity index (χ0v) is 15.4. The molecular formula is C20H28N2O4. The van der Waals surface area contributed by atoms with Crippen LogP contribution in [0.2, 0.25) is 0 Å². The first-order chi connectivity index (χ1) is 12.6. The molecule has 0 bridgehead atoms. The lowest BCUT2D eigenvalue weighted by Gasteiger charge is -2.35. The minimum atomic E-state index is -0.469. The van der Waals surface area contributed by atoms with E-state index in [4.69, 9.17) is 4.74 Å². The molecule has 0 radical (unpaired) electrons. The number of rotatable bonds is 8. The molecular weight excluding hydrogens is 332 g/mol. The third kappa shape index (κ3) is 6.50. The second-order valence-electron chi connectivity index (χ2n) is 6.57. The van der Waals surface area contributed by atoms with Crippen molar-refractivity contribution in [2.75, 3.05) is 19.7 Å². The van der Waals surface area contributed by atoms with Gasteiger partial charge in [0, 0.05) is 19.1 Å². The summed E-state index contributed by atoms with van der Waals surface area (Å²) in [5.74, 6) is -0.736. The van der Waals surface area contributed by atoms with E-state index in [1.807, 2.05) is 35.2 Å². The number of hydrogen-bond acceptors (Lipinski definition) is 4. The molecule has 0 spiro atoms. The number of nitrogens with one attached hydrogen (secondary N) is 1. The smallest absolute Gasteiger partial charge is 0.308 e. The molecule has 1 N–H and O–H groups in total. The Morgan fingerprint density at radius 3 is 2.69 bits per heavy atom. The maximum Gasteiger partial charge on any atom is 0.308 e. The molecule has 1 aromatic rings. The molecule has 0 aliphatic carbocycles. The Balaban J connectivity index is 1.62. The lowest BCUT2D eigenvalue weighted by atomic mass is 10.00. The van der Waals surface area contributed by atoms with Crippen molar-refractivity contribution in [1.82, 2.24) is 10.2 Å². The SMILES string of the molecule is CCC1CCCCN1C(=O)COC(=O)CCNC(=O)Cc1ccccc1. The Labute approximate surface area is 154 Å². The summed E-state index contributed by atoms with van der Waals surface area (Å²) in [6.45, 7) is 2.80. The zero-order valence-electron chi connectivity index (χ0n) is 15.4. The Bertz CT molecular complexity index is 603. The molecule has 1 fully saturated rings. The molecule has 26 heavy (non-hydrogen) atoms. The second-order valence-corrected chi connectivity index (χ2v) is 6.57. The number of likely N-dealkylation sites (tertiary alicyclic amines) is 1. The van der Waals surface area contributed by atoms with Crippen LogP contribution in [-0.4, -0.2) is 48.4 Å². The fourth-order valence-electron chi connectivity index (χ4n) is 3.20. The molecule has 2 amide bonds. The van der Waals surface area contributed by atoms with Crippen molar-refractivity contribution in [2.24, 2.45) is 0 Å². The molecule has 0 aromatic heterocycles. The van der Waals surface area contributed by atoms with E-state index in [1.54, 1.807) is 0 Å². The topological polar surface area (TPSA) is 75.7 Å². The Hall–Kier alpha value is -2.37. The van der Waals surface area contributed by atoms with E-state index in [2.05, 4.69) is 12.2 Å². The van der Waals surface area contributed by atoms with Gasteiger partial charge in [-0.2, -0.15) is 0 Å². The second kappa shape index (κ2) is 10.6. The summed E-state index contributed by atoms with van der Waals surface area (Å²) in [6, 6.07) is 9.66. The number of carbonyl (C=O) groups excluding carboxylic acids is 3. The van der Waals surface area contributed by atoms with Crippen LogP contribution in [0.3, 0.4) is 0 Å². The third-order valence-corrected chi connectivity index (χ3v) is 4.63. The highest BCUT2D eigenvalue weighted by molar-refractivity contribution is 5.82. The molecule has 1 saturated heterocycles. The quantitative estimate of drug-likeness (QED) is 0.720. The highest BCUT2D eigenvalue weighted by Gasteiger charge is 2.25. The minimum absolute atomic E-state index is 0.0605. The number of piperidine rings is 1. The van der Waals surface area contributed by atoms with Crippen molar-refractivity contribution in [3.8, 4) is 0 Å². The van der Waals surface area contributed by atoms with Crippen LogP contribution < -0.4 is 5.32 Å². The summed E-state index contributed by atoms with van der Waals surface area (Å²) >= 11 is 0. The Morgan fingerprint density at radius 1 is 1.19 bits per heavy atom. The maximum absolute atomic E-state index is 12.2. The van der Waals surface area contributed by atoms with Crippen molar-refractivity contribution in [3.63, 3.8) is 0 Å². The molecule has 142 valence electrons. The fourth-order valence-corrected chi connectivity index (χ4v) is 3.20. The lowest BCUT2D eigenvalue weighted by molar-refractivity contribution is -0.153. The van der Waals surface area contributed by atoms with Gasteiger partial charge in [0.25, 0.3) is 5.91 Å². The average molecular weight is 360 g/mol. The molecule has 0 saturated carbocycles. The van der Waals surface area contributed by atoms with Gasteiger partial charge in [-0.15, -0.1) is 0 Å². The summed E-state index contributed by atoms with van der Waals surface area (Å²) in [5, 5.41) is 2.69. The fraction of sp³-hybridized carbons (Fsp3) is 0.550. The van der Waals surface area contributed by atoms with Gasteiger partial charge in [0.05, 0.1) is 12.8 Å². The number of nitrogens with zero attached hydrogens (tertiary/aromatic N) is 1. The standard InChI is InChI=1S/C20H28N2O4/c1-2-17-10-6-7-13-22(17)19(24)15-26-20(25)11-12-21-18(23)14-16-8-4-3-5-9-16/h3-5,8-9,17H,2,6-7,10-15H2,1H3,(H,21,23). The number of benzene rings is 1. The first-order valence-electron chi connectivity index (χ1n) is 9.36. The van der Waals surface area contributed by atoms with Gasteiger partial charge in [0.15, 0.2) is 6.61 Å². The number of ether oxygens (including phenoxy) is 1. The van der Waals surface area contributed by atoms with Crippen molar-refractivity contribution < 1.29 is 19.1 Å². The van der Waals surface area contributed by atoms with Crippen LogP contribution in [-0.2, 0) is 25.5 Å². The number of carbonyl (C=O) groups is 3. The van der Waals surface area contributed by atoms with Crippen LogP contribution in [0.15, 0.2) is 30.3 Å². The van der Waals surface area contributed by atoms with Crippen molar-refractivity contribution in [3.05, 3.63) is 35.9 Å². The summed E-state index contributed by atoms with van der Waals surface area (Å²) in [4.78, 5) is 37.7. The normalized spacial score (nSPS) is 16.8. The van der Waals surface area contributed by atoms with E-state index in [-0.39, 0.29) is 43.8 Å². The highest BCUT2D eigenvalue weighted by Crippen LogP contribution is 2.19. The maximum atomic E-state index is 12.2. The molecule has 1 atom stereocenters. The molecule has 6 nitrogen and oxygen atoms in total. The van der Waals surface area contributed by atoms with E-state index in [0.29, 0.717) is 0 Å². The van der Waals surface area contributed by atoms with Gasteiger partial charge in [0.2, 0.25) is 5.91 Å². The Kier molecular flexibility index (Phi) is 8.12. The first kappa shape index (κ1) is 19.9. The largest absolute Gasteiger partial charge is 0.456 e. The van der Waals surface area contributed by atoms with Gasteiger partial charge < -0.3 is 15.0 Å². The van der Waals surface area contributed by atoms with Gasteiger partial charge in [-0.05, 0) is 31.2 Å². The van der Waals surface area contributed by atoms with E-state index in [0.717, 1.165) is 37.8 Å². The summed E-state index contributed by atoms with van der Waals surface area (Å²) < 4.78 is 5.07. The van der Waals surface area contributed by atoms with Crippen LogP contribution in [0.5, 0.6) is 0 Å². The highest BCUT2D eigenvalue weighted by atomic mass is 16.5. The molecule has 1 aromatic carbocycles. The van der Waals surface area contributed by atoms with E-state index in [1.165, 1.54) is 0 Å². The van der Waals surface area contributed by atoms with Crippen LogP contribution in [0, 0.1) is 0 Å². The van der Waals surface area contributed by atoms with Gasteiger partial charge >= 0.3 is 5.97 Å². The number of hydrogen-bond donors (Lipinski definition) is 1. The van der Waals surface area contributed by atoms with Gasteiger partial charge in [-0.25, -0.2) is 0 Å². The minimum Gasteiger partial charge on any atom is -0.456 e.